The Balaban J connectivity index is 1.52. The molecule has 0 amide bonds. The van der Waals surface area contributed by atoms with Crippen molar-refractivity contribution in [2.75, 3.05) is 18.5 Å². The number of aromatic carboxylic acids is 1. The molecule has 3 heterocycles. The van der Waals surface area contributed by atoms with E-state index in [1.807, 2.05) is 10.9 Å². The van der Waals surface area contributed by atoms with Crippen molar-refractivity contribution in [3.8, 4) is 17.3 Å². The fourth-order valence-corrected chi connectivity index (χ4v) is 3.73. The molecule has 3 aromatic rings. The molecule has 9 nitrogen and oxygen atoms in total. The van der Waals surface area contributed by atoms with Gasteiger partial charge in [0.15, 0.2) is 0 Å². The van der Waals surface area contributed by atoms with Gasteiger partial charge in [-0.1, -0.05) is 0 Å². The summed E-state index contributed by atoms with van der Waals surface area (Å²) >= 11 is 0. The van der Waals surface area contributed by atoms with Gasteiger partial charge < -0.3 is 15.2 Å². The highest BCUT2D eigenvalue weighted by Gasteiger charge is 2.26. The molecule has 2 aromatic heterocycles. The van der Waals surface area contributed by atoms with Crippen LogP contribution in [0.25, 0.3) is 11.3 Å². The Kier molecular flexibility index (Phi) is 6.19. The van der Waals surface area contributed by atoms with Gasteiger partial charge in [-0.05, 0) is 49.1 Å². The fourth-order valence-electron chi connectivity index (χ4n) is 3.73. The summed E-state index contributed by atoms with van der Waals surface area (Å²) in [6.45, 7) is 1.43. The maximum absolute atomic E-state index is 11.0. The van der Waals surface area contributed by atoms with Crippen LogP contribution in [0, 0.1) is 17.2 Å². The smallest absolute Gasteiger partial charge is 0.335 e. The van der Waals surface area contributed by atoms with E-state index < -0.39 is 5.97 Å². The predicted octanol–water partition coefficient (Wildman–Crippen LogP) is 3.66. The maximum Gasteiger partial charge on any atom is 0.335 e. The number of nitriles is 1. The van der Waals surface area contributed by atoms with Crippen molar-refractivity contribution in [3.05, 3.63) is 54.5 Å². The quantitative estimate of drug-likeness (QED) is 0.595. The number of aromatic nitrogens is 4. The van der Waals surface area contributed by atoms with Gasteiger partial charge in [-0.2, -0.15) is 10.4 Å². The highest BCUT2D eigenvalue weighted by Crippen LogP contribution is 2.31. The van der Waals surface area contributed by atoms with Crippen LogP contribution >= 0.6 is 0 Å². The fraction of sp³-hybridized carbons (Fsp3) is 0.318. The molecule has 1 aliphatic heterocycles. The zero-order valence-electron chi connectivity index (χ0n) is 16.8. The zero-order valence-corrected chi connectivity index (χ0v) is 16.8. The largest absolute Gasteiger partial charge is 0.478 e. The molecular formula is C22H22N6O3. The third kappa shape index (κ3) is 4.87. The second kappa shape index (κ2) is 9.36. The average molecular weight is 418 g/mol. The second-order valence-corrected chi connectivity index (χ2v) is 7.36. The van der Waals surface area contributed by atoms with Crippen LogP contribution in [0.1, 0.15) is 35.7 Å². The van der Waals surface area contributed by atoms with Crippen molar-refractivity contribution >= 4 is 17.6 Å². The molecule has 1 aliphatic rings. The summed E-state index contributed by atoms with van der Waals surface area (Å²) in [6, 6.07) is 10.5. The number of nitrogens with zero attached hydrogens (tertiary/aromatic N) is 5. The minimum Gasteiger partial charge on any atom is -0.478 e. The molecule has 1 aromatic carbocycles. The molecule has 0 aliphatic carbocycles. The van der Waals surface area contributed by atoms with E-state index in [4.69, 9.17) is 9.84 Å². The van der Waals surface area contributed by atoms with Crippen molar-refractivity contribution < 1.29 is 14.6 Å². The number of anilines is 2. The van der Waals surface area contributed by atoms with E-state index in [2.05, 4.69) is 26.5 Å². The number of carbonyl (C=O) groups is 1. The Morgan fingerprint density at radius 1 is 1.29 bits per heavy atom. The number of nitrogens with one attached hydrogen (secondary N) is 1. The van der Waals surface area contributed by atoms with Gasteiger partial charge in [-0.15, -0.1) is 0 Å². The summed E-state index contributed by atoms with van der Waals surface area (Å²) < 4.78 is 7.32. The Hall–Kier alpha value is -3.77. The molecule has 31 heavy (non-hydrogen) atoms. The molecule has 0 bridgehead atoms. The highest BCUT2D eigenvalue weighted by atomic mass is 16.5. The molecule has 0 spiro atoms. The molecule has 158 valence electrons. The lowest BCUT2D eigenvalue weighted by Gasteiger charge is -2.29. The van der Waals surface area contributed by atoms with Crippen molar-refractivity contribution in [1.29, 1.82) is 5.26 Å². The molecule has 1 unspecified atom stereocenters. The first-order chi connectivity index (χ1) is 15.1. The Morgan fingerprint density at radius 2 is 2.06 bits per heavy atom. The van der Waals surface area contributed by atoms with Gasteiger partial charge >= 0.3 is 5.97 Å². The van der Waals surface area contributed by atoms with Gasteiger partial charge in [0.25, 0.3) is 0 Å². The number of benzene rings is 1. The van der Waals surface area contributed by atoms with Crippen molar-refractivity contribution in [3.63, 3.8) is 0 Å². The number of rotatable bonds is 7. The molecule has 9 heteroatoms. The van der Waals surface area contributed by atoms with Crippen LogP contribution in [0.15, 0.2) is 48.9 Å². The van der Waals surface area contributed by atoms with Gasteiger partial charge in [0.05, 0.1) is 36.0 Å². The number of carboxylic acids is 1. The van der Waals surface area contributed by atoms with E-state index in [0.717, 1.165) is 31.6 Å². The molecule has 1 atom stereocenters. The van der Waals surface area contributed by atoms with E-state index >= 15 is 0 Å². The van der Waals surface area contributed by atoms with Crippen LogP contribution in [0.4, 0.5) is 11.6 Å². The number of carboxylic acid groups (broad SMARTS) is 1. The number of ether oxygens (including phenoxy) is 1. The molecule has 2 N–H and O–H groups in total. The molecular weight excluding hydrogens is 396 g/mol. The molecule has 1 saturated heterocycles. The van der Waals surface area contributed by atoms with Gasteiger partial charge in [-0.3, -0.25) is 4.68 Å². The number of hydrogen-bond donors (Lipinski definition) is 2. The molecule has 0 saturated carbocycles. The lowest BCUT2D eigenvalue weighted by Crippen LogP contribution is -2.26. The lowest BCUT2D eigenvalue weighted by molar-refractivity contribution is 0.0473. The third-order valence-electron chi connectivity index (χ3n) is 5.39. The Labute approximate surface area is 179 Å². The van der Waals surface area contributed by atoms with E-state index in [1.54, 1.807) is 30.6 Å². The van der Waals surface area contributed by atoms with Gasteiger partial charge in [0.1, 0.15) is 0 Å². The molecule has 1 fully saturated rings. The highest BCUT2D eigenvalue weighted by molar-refractivity contribution is 5.88. The first-order valence-corrected chi connectivity index (χ1v) is 10.1. The predicted molar refractivity (Wildman–Crippen MR) is 113 cm³/mol. The summed E-state index contributed by atoms with van der Waals surface area (Å²) in [7, 11) is 0. The van der Waals surface area contributed by atoms with Crippen LogP contribution in [0.2, 0.25) is 0 Å². The summed E-state index contributed by atoms with van der Waals surface area (Å²) in [6.07, 6.45) is 7.56. The standard InChI is InChI=1S/C22H22N6O3/c23-9-5-20(15-7-11-31-12-8-15)28-14-17(13-25-28)19-6-10-24-22(27-19)26-18-3-1-16(2-4-18)21(29)30/h1-4,6,10,13-15,20H,5,7-8,11-12H2,(H,29,30)(H,24,26,27). The average Bonchev–Trinajstić information content (AvgIpc) is 3.28. The summed E-state index contributed by atoms with van der Waals surface area (Å²) in [5.74, 6) is -0.221. The van der Waals surface area contributed by atoms with Crippen molar-refractivity contribution in [2.24, 2.45) is 5.92 Å². The molecule has 4 rings (SSSR count). The van der Waals surface area contributed by atoms with Crippen LogP contribution in [-0.4, -0.2) is 44.0 Å². The van der Waals surface area contributed by atoms with E-state index in [9.17, 15) is 10.1 Å². The Morgan fingerprint density at radius 3 is 2.77 bits per heavy atom. The topological polar surface area (TPSA) is 126 Å². The molecule has 0 radical (unpaired) electrons. The third-order valence-corrected chi connectivity index (χ3v) is 5.39. The summed E-state index contributed by atoms with van der Waals surface area (Å²) in [5.41, 5.74) is 2.44. The van der Waals surface area contributed by atoms with Gasteiger partial charge in [-0.25, -0.2) is 14.8 Å². The monoisotopic (exact) mass is 418 g/mol. The van der Waals surface area contributed by atoms with E-state index in [0.29, 0.717) is 29.7 Å². The SMILES string of the molecule is N#CCC(C1CCOCC1)n1cc(-c2ccnc(Nc3ccc(C(=O)O)cc3)n2)cn1. The van der Waals surface area contributed by atoms with Crippen molar-refractivity contribution in [1.82, 2.24) is 19.7 Å². The normalized spacial score (nSPS) is 15.2. The van der Waals surface area contributed by atoms with Crippen LogP contribution in [0.5, 0.6) is 0 Å². The van der Waals surface area contributed by atoms with Crippen LogP contribution < -0.4 is 5.32 Å². The Bertz CT molecular complexity index is 1080. The van der Waals surface area contributed by atoms with E-state index in [-0.39, 0.29) is 11.6 Å². The number of hydrogen-bond acceptors (Lipinski definition) is 7. The van der Waals surface area contributed by atoms with Crippen LogP contribution in [-0.2, 0) is 4.74 Å². The second-order valence-electron chi connectivity index (χ2n) is 7.36. The first-order valence-electron chi connectivity index (χ1n) is 10.1. The van der Waals surface area contributed by atoms with Crippen LogP contribution in [0.3, 0.4) is 0 Å². The first kappa shape index (κ1) is 20.5. The van der Waals surface area contributed by atoms with Gasteiger partial charge in [0, 0.05) is 36.9 Å². The maximum atomic E-state index is 11.0. The zero-order chi connectivity index (χ0) is 21.6. The minimum absolute atomic E-state index is 0.00910. The minimum atomic E-state index is -0.975. The van der Waals surface area contributed by atoms with E-state index in [1.165, 1.54) is 12.1 Å². The summed E-state index contributed by atoms with van der Waals surface area (Å²) in [4.78, 5) is 19.8. The van der Waals surface area contributed by atoms with Crippen molar-refractivity contribution in [2.45, 2.75) is 25.3 Å². The summed E-state index contributed by atoms with van der Waals surface area (Å²) in [5, 5.41) is 25.9. The lowest BCUT2D eigenvalue weighted by atomic mass is 9.90. The van der Waals surface area contributed by atoms with Gasteiger partial charge in [0.2, 0.25) is 5.95 Å².